The van der Waals surface area contributed by atoms with Crippen molar-refractivity contribution in [2.24, 2.45) is 5.84 Å². The Morgan fingerprint density at radius 3 is 2.65 bits per heavy atom. The fourth-order valence-corrected chi connectivity index (χ4v) is 1.98. The van der Waals surface area contributed by atoms with Gasteiger partial charge in [0.2, 0.25) is 0 Å². The number of nitrogens with two attached hydrogens (primary N) is 1. The predicted molar refractivity (Wildman–Crippen MR) is 64.3 cm³/mol. The number of fused-ring (bicyclic) bond motifs is 1. The molecule has 0 saturated heterocycles. The van der Waals surface area contributed by atoms with Crippen LogP contribution in [0, 0.1) is 6.92 Å². The number of rotatable bonds is 2. The van der Waals surface area contributed by atoms with Crippen LogP contribution in [0.2, 0.25) is 5.02 Å². The number of nitrogen functional groups attached to an aromatic ring is 1. The summed E-state index contributed by atoms with van der Waals surface area (Å²) in [6, 6.07) is 4.54. The molecule has 0 aliphatic carbocycles. The van der Waals surface area contributed by atoms with Crippen molar-refractivity contribution in [3.8, 4) is 0 Å². The summed E-state index contributed by atoms with van der Waals surface area (Å²) < 4.78 is 25.3. The van der Waals surface area contributed by atoms with Gasteiger partial charge < -0.3 is 5.43 Å². The van der Waals surface area contributed by atoms with Crippen LogP contribution in [-0.2, 0) is 0 Å². The maximum Gasteiger partial charge on any atom is 0.280 e. The molecule has 3 N–H and O–H groups in total. The second-order valence-electron chi connectivity index (χ2n) is 3.66. The van der Waals surface area contributed by atoms with E-state index in [4.69, 9.17) is 17.4 Å². The predicted octanol–water partition coefficient (Wildman–Crippen LogP) is 3.42. The summed E-state index contributed by atoms with van der Waals surface area (Å²) in [7, 11) is 0. The number of aromatic nitrogens is 1. The number of nitrogens with one attached hydrogen (secondary N) is 1. The zero-order valence-electron chi connectivity index (χ0n) is 8.97. The normalized spacial score (nSPS) is 11.2. The molecular weight excluding hydrogens is 248 g/mol. The number of hydrogen-bond donors (Lipinski definition) is 2. The average molecular weight is 258 g/mol. The van der Waals surface area contributed by atoms with Crippen LogP contribution in [0.15, 0.2) is 18.2 Å². The van der Waals surface area contributed by atoms with Gasteiger partial charge in [0.1, 0.15) is 5.69 Å². The lowest BCUT2D eigenvalue weighted by molar-refractivity contribution is 0.146. The molecule has 0 fully saturated rings. The monoisotopic (exact) mass is 257 g/mol. The van der Waals surface area contributed by atoms with E-state index in [1.54, 1.807) is 19.1 Å². The molecule has 0 aliphatic heterocycles. The Kier molecular flexibility index (Phi) is 3.13. The summed E-state index contributed by atoms with van der Waals surface area (Å²) >= 11 is 5.91. The summed E-state index contributed by atoms with van der Waals surface area (Å²) in [6.45, 7) is 1.76. The van der Waals surface area contributed by atoms with E-state index >= 15 is 0 Å². The molecule has 3 nitrogen and oxygen atoms in total. The molecule has 0 aliphatic rings. The van der Waals surface area contributed by atoms with Gasteiger partial charge in [0.25, 0.3) is 6.43 Å². The Hall–Kier alpha value is -1.46. The molecular formula is C11H10ClF2N3. The molecule has 6 heteroatoms. The van der Waals surface area contributed by atoms with Crippen molar-refractivity contribution in [1.82, 2.24) is 4.98 Å². The first-order valence-corrected chi connectivity index (χ1v) is 5.26. The van der Waals surface area contributed by atoms with Gasteiger partial charge in [0, 0.05) is 10.4 Å². The van der Waals surface area contributed by atoms with Crippen molar-refractivity contribution < 1.29 is 8.78 Å². The molecule has 1 heterocycles. The van der Waals surface area contributed by atoms with E-state index in [9.17, 15) is 8.78 Å². The second kappa shape index (κ2) is 4.43. The Labute approximate surface area is 102 Å². The molecule has 17 heavy (non-hydrogen) atoms. The van der Waals surface area contributed by atoms with Gasteiger partial charge in [-0.25, -0.2) is 13.8 Å². The lowest BCUT2D eigenvalue weighted by atomic mass is 10.1. The Morgan fingerprint density at radius 1 is 1.35 bits per heavy atom. The zero-order chi connectivity index (χ0) is 12.6. The van der Waals surface area contributed by atoms with Crippen LogP contribution in [-0.4, -0.2) is 4.98 Å². The molecule has 1 aromatic carbocycles. The van der Waals surface area contributed by atoms with Crippen molar-refractivity contribution in [1.29, 1.82) is 0 Å². The molecule has 90 valence electrons. The largest absolute Gasteiger partial charge is 0.323 e. The maximum absolute atomic E-state index is 12.7. The standard InChI is InChI=1S/C11H10ClF2N3/c1-5-2-6(12)3-7-8(17-15)4-9(11(13)14)16-10(5)7/h2-4,11H,15H2,1H3,(H,16,17). The summed E-state index contributed by atoms with van der Waals surface area (Å²) in [5, 5.41) is 1.14. The third-order valence-corrected chi connectivity index (χ3v) is 2.69. The van der Waals surface area contributed by atoms with Gasteiger partial charge in [0.15, 0.2) is 0 Å². The minimum atomic E-state index is -2.64. The maximum atomic E-state index is 12.7. The third kappa shape index (κ3) is 2.16. The van der Waals surface area contributed by atoms with Crippen molar-refractivity contribution in [3.63, 3.8) is 0 Å². The van der Waals surface area contributed by atoms with Gasteiger partial charge in [-0.15, -0.1) is 0 Å². The molecule has 0 saturated carbocycles. The summed E-state index contributed by atoms with van der Waals surface area (Å²) in [5.74, 6) is 5.32. The zero-order valence-corrected chi connectivity index (χ0v) is 9.72. The number of hydrogen-bond acceptors (Lipinski definition) is 3. The van der Waals surface area contributed by atoms with Crippen molar-refractivity contribution in [3.05, 3.63) is 34.5 Å². The molecule has 0 spiro atoms. The number of anilines is 1. The van der Waals surface area contributed by atoms with Gasteiger partial charge in [-0.3, -0.25) is 5.84 Å². The van der Waals surface area contributed by atoms with Crippen LogP contribution in [0.25, 0.3) is 10.9 Å². The first-order chi connectivity index (χ1) is 8.02. The first kappa shape index (κ1) is 12.0. The molecule has 0 atom stereocenters. The average Bonchev–Trinajstić information content (AvgIpc) is 2.27. The van der Waals surface area contributed by atoms with Gasteiger partial charge in [-0.2, -0.15) is 0 Å². The van der Waals surface area contributed by atoms with E-state index in [1.807, 2.05) is 0 Å². The number of pyridine rings is 1. The third-order valence-electron chi connectivity index (χ3n) is 2.47. The summed E-state index contributed by atoms with van der Waals surface area (Å²) in [6.07, 6.45) is -2.64. The molecule has 0 radical (unpaired) electrons. The van der Waals surface area contributed by atoms with Crippen LogP contribution in [0.4, 0.5) is 14.5 Å². The molecule has 0 bridgehead atoms. The molecule has 1 aromatic heterocycles. The van der Waals surface area contributed by atoms with Gasteiger partial charge in [0.05, 0.1) is 11.2 Å². The highest BCUT2D eigenvalue weighted by molar-refractivity contribution is 6.31. The number of benzene rings is 1. The van der Waals surface area contributed by atoms with Crippen LogP contribution < -0.4 is 11.3 Å². The Morgan fingerprint density at radius 2 is 2.06 bits per heavy atom. The smallest absolute Gasteiger partial charge is 0.280 e. The highest BCUT2D eigenvalue weighted by atomic mass is 35.5. The van der Waals surface area contributed by atoms with Gasteiger partial charge in [-0.1, -0.05) is 11.6 Å². The summed E-state index contributed by atoms with van der Waals surface area (Å²) in [5.41, 5.74) is 3.66. The van der Waals surface area contributed by atoms with Gasteiger partial charge >= 0.3 is 0 Å². The molecule has 0 unspecified atom stereocenters. The minimum absolute atomic E-state index is 0.309. The van der Waals surface area contributed by atoms with Crippen molar-refractivity contribution >= 4 is 28.2 Å². The highest BCUT2D eigenvalue weighted by Crippen LogP contribution is 2.31. The topological polar surface area (TPSA) is 50.9 Å². The van der Waals surface area contributed by atoms with Crippen molar-refractivity contribution in [2.75, 3.05) is 5.43 Å². The van der Waals surface area contributed by atoms with E-state index in [2.05, 4.69) is 10.4 Å². The molecule has 0 amide bonds. The van der Waals surface area contributed by atoms with Gasteiger partial charge in [-0.05, 0) is 30.7 Å². The van der Waals surface area contributed by atoms with Crippen LogP contribution in [0.1, 0.15) is 17.7 Å². The Bertz CT molecular complexity index is 572. The second-order valence-corrected chi connectivity index (χ2v) is 4.10. The summed E-state index contributed by atoms with van der Waals surface area (Å²) in [4.78, 5) is 3.92. The fraction of sp³-hybridized carbons (Fsp3) is 0.182. The number of halogens is 3. The minimum Gasteiger partial charge on any atom is -0.323 e. The van der Waals surface area contributed by atoms with Crippen LogP contribution in [0.5, 0.6) is 0 Å². The van der Waals surface area contributed by atoms with Crippen LogP contribution >= 0.6 is 11.6 Å². The lowest BCUT2D eigenvalue weighted by Crippen LogP contribution is -2.09. The van der Waals surface area contributed by atoms with E-state index in [0.717, 1.165) is 5.56 Å². The fourth-order valence-electron chi connectivity index (χ4n) is 1.71. The lowest BCUT2D eigenvalue weighted by Gasteiger charge is -2.10. The van der Waals surface area contributed by atoms with E-state index in [-0.39, 0.29) is 5.69 Å². The molecule has 2 aromatic rings. The van der Waals surface area contributed by atoms with Crippen LogP contribution in [0.3, 0.4) is 0 Å². The number of alkyl halides is 2. The first-order valence-electron chi connectivity index (χ1n) is 4.88. The number of hydrazine groups is 1. The Balaban J connectivity index is 2.82. The SMILES string of the molecule is Cc1cc(Cl)cc2c(NN)cc(C(F)F)nc12. The van der Waals surface area contributed by atoms with E-state index < -0.39 is 6.43 Å². The van der Waals surface area contributed by atoms with E-state index in [1.165, 1.54) is 6.07 Å². The molecule has 2 rings (SSSR count). The highest BCUT2D eigenvalue weighted by Gasteiger charge is 2.14. The number of aryl methyl sites for hydroxylation is 1. The number of nitrogens with zero attached hydrogens (tertiary/aromatic N) is 1. The quantitative estimate of drug-likeness (QED) is 0.640. The van der Waals surface area contributed by atoms with E-state index in [0.29, 0.717) is 21.6 Å². The van der Waals surface area contributed by atoms with Crippen molar-refractivity contribution in [2.45, 2.75) is 13.3 Å².